The maximum atomic E-state index is 10.6. The van der Waals surface area contributed by atoms with Crippen LogP contribution in [0, 0.1) is 17.3 Å². The summed E-state index contributed by atoms with van der Waals surface area (Å²) >= 11 is 0. The molecule has 0 aromatic heterocycles. The first-order chi connectivity index (χ1) is 7.33. The van der Waals surface area contributed by atoms with E-state index < -0.39 is 5.97 Å². The molecule has 0 amide bonds. The molecule has 0 aromatic rings. The van der Waals surface area contributed by atoms with Gasteiger partial charge in [0, 0.05) is 6.42 Å². The molecule has 0 saturated heterocycles. The highest BCUT2D eigenvalue weighted by Gasteiger charge is 2.36. The fourth-order valence-corrected chi connectivity index (χ4v) is 2.83. The van der Waals surface area contributed by atoms with E-state index in [2.05, 4.69) is 20.4 Å². The van der Waals surface area contributed by atoms with Crippen LogP contribution in [0.5, 0.6) is 0 Å². The standard InChI is InChI=1S/C14H24O2/c1-10(9-13(15)16)5-6-12-11(2)7-8-14(12,3)4/h10,12H,2,5-9H2,1,3-4H3,(H,15,16). The molecular weight excluding hydrogens is 200 g/mol. The van der Waals surface area contributed by atoms with Gasteiger partial charge in [-0.25, -0.2) is 0 Å². The Morgan fingerprint density at radius 3 is 2.69 bits per heavy atom. The molecule has 16 heavy (non-hydrogen) atoms. The maximum Gasteiger partial charge on any atom is 0.303 e. The van der Waals surface area contributed by atoms with Crippen molar-refractivity contribution in [1.29, 1.82) is 0 Å². The number of hydrogen-bond acceptors (Lipinski definition) is 1. The van der Waals surface area contributed by atoms with E-state index in [4.69, 9.17) is 5.11 Å². The van der Waals surface area contributed by atoms with Gasteiger partial charge < -0.3 is 5.11 Å². The predicted octanol–water partition coefficient (Wildman–Crippen LogP) is 3.87. The molecule has 0 heterocycles. The van der Waals surface area contributed by atoms with Crippen LogP contribution in [-0.4, -0.2) is 11.1 Å². The number of carboxylic acid groups (broad SMARTS) is 1. The largest absolute Gasteiger partial charge is 0.481 e. The molecule has 1 rings (SSSR count). The Kier molecular flexibility index (Phi) is 4.17. The van der Waals surface area contributed by atoms with Gasteiger partial charge >= 0.3 is 5.97 Å². The highest BCUT2D eigenvalue weighted by molar-refractivity contribution is 5.66. The Labute approximate surface area is 98.7 Å². The molecule has 0 aliphatic heterocycles. The van der Waals surface area contributed by atoms with Crippen molar-refractivity contribution in [2.45, 2.75) is 52.9 Å². The van der Waals surface area contributed by atoms with Gasteiger partial charge in [-0.3, -0.25) is 4.79 Å². The minimum Gasteiger partial charge on any atom is -0.481 e. The van der Waals surface area contributed by atoms with Crippen LogP contribution in [0.25, 0.3) is 0 Å². The van der Waals surface area contributed by atoms with Crippen molar-refractivity contribution in [2.24, 2.45) is 17.3 Å². The monoisotopic (exact) mass is 224 g/mol. The fraction of sp³-hybridized carbons (Fsp3) is 0.786. The van der Waals surface area contributed by atoms with Gasteiger partial charge in [0.05, 0.1) is 0 Å². The highest BCUT2D eigenvalue weighted by atomic mass is 16.4. The summed E-state index contributed by atoms with van der Waals surface area (Å²) in [6, 6.07) is 0. The van der Waals surface area contributed by atoms with E-state index in [-0.39, 0.29) is 5.92 Å². The van der Waals surface area contributed by atoms with Crippen molar-refractivity contribution in [3.8, 4) is 0 Å². The molecule has 0 spiro atoms. The fourth-order valence-electron chi connectivity index (χ4n) is 2.83. The van der Waals surface area contributed by atoms with Crippen LogP contribution in [0.3, 0.4) is 0 Å². The lowest BCUT2D eigenvalue weighted by Gasteiger charge is -2.28. The topological polar surface area (TPSA) is 37.3 Å². The summed E-state index contributed by atoms with van der Waals surface area (Å²) in [5.74, 6) is 0.183. The number of carboxylic acids is 1. The van der Waals surface area contributed by atoms with E-state index in [1.807, 2.05) is 6.92 Å². The minimum atomic E-state index is -0.683. The van der Waals surface area contributed by atoms with E-state index in [0.717, 1.165) is 19.3 Å². The van der Waals surface area contributed by atoms with E-state index in [0.29, 0.717) is 17.8 Å². The summed E-state index contributed by atoms with van der Waals surface area (Å²) in [6.07, 6.45) is 4.76. The van der Waals surface area contributed by atoms with Gasteiger partial charge in [0.2, 0.25) is 0 Å². The van der Waals surface area contributed by atoms with Crippen LogP contribution in [0.2, 0.25) is 0 Å². The maximum absolute atomic E-state index is 10.6. The number of allylic oxidation sites excluding steroid dienone is 1. The number of carbonyl (C=O) groups is 1. The molecule has 2 atom stereocenters. The highest BCUT2D eigenvalue weighted by Crippen LogP contribution is 2.48. The zero-order valence-corrected chi connectivity index (χ0v) is 10.8. The SMILES string of the molecule is C=C1CCC(C)(C)C1CCC(C)CC(=O)O. The lowest BCUT2D eigenvalue weighted by Crippen LogP contribution is -2.19. The molecular formula is C14H24O2. The van der Waals surface area contributed by atoms with Gasteiger partial charge in [-0.05, 0) is 42.9 Å². The summed E-state index contributed by atoms with van der Waals surface area (Å²) in [4.78, 5) is 10.6. The molecule has 1 aliphatic rings. The zero-order valence-electron chi connectivity index (χ0n) is 10.8. The molecule has 1 N–H and O–H groups in total. The molecule has 0 aromatic carbocycles. The van der Waals surface area contributed by atoms with Crippen LogP contribution in [0.4, 0.5) is 0 Å². The van der Waals surface area contributed by atoms with Crippen LogP contribution < -0.4 is 0 Å². The Bertz CT molecular complexity index is 278. The van der Waals surface area contributed by atoms with Crippen LogP contribution in [0.1, 0.15) is 52.9 Å². The van der Waals surface area contributed by atoms with Gasteiger partial charge in [-0.15, -0.1) is 0 Å². The molecule has 0 bridgehead atoms. The van der Waals surface area contributed by atoms with Gasteiger partial charge in [0.25, 0.3) is 0 Å². The lowest BCUT2D eigenvalue weighted by atomic mass is 9.77. The quantitative estimate of drug-likeness (QED) is 0.720. The zero-order chi connectivity index (χ0) is 12.3. The molecule has 2 heteroatoms. The number of rotatable bonds is 5. The second-order valence-corrected chi connectivity index (χ2v) is 5.98. The normalized spacial score (nSPS) is 25.7. The molecule has 1 saturated carbocycles. The number of hydrogen-bond donors (Lipinski definition) is 1. The van der Waals surface area contributed by atoms with E-state index in [9.17, 15) is 4.79 Å². The third kappa shape index (κ3) is 3.36. The summed E-state index contributed by atoms with van der Waals surface area (Å²) in [5.41, 5.74) is 1.73. The summed E-state index contributed by atoms with van der Waals surface area (Å²) in [5, 5.41) is 8.71. The van der Waals surface area contributed by atoms with E-state index in [1.54, 1.807) is 0 Å². The molecule has 92 valence electrons. The average Bonchev–Trinajstić information content (AvgIpc) is 2.37. The van der Waals surface area contributed by atoms with Crippen LogP contribution in [-0.2, 0) is 4.79 Å². The van der Waals surface area contributed by atoms with Crippen molar-refractivity contribution in [3.05, 3.63) is 12.2 Å². The number of aliphatic carboxylic acids is 1. The van der Waals surface area contributed by atoms with Crippen LogP contribution >= 0.6 is 0 Å². The molecule has 2 nitrogen and oxygen atoms in total. The molecule has 0 radical (unpaired) electrons. The average molecular weight is 224 g/mol. The second kappa shape index (κ2) is 5.03. The summed E-state index contributed by atoms with van der Waals surface area (Å²) in [7, 11) is 0. The van der Waals surface area contributed by atoms with E-state index >= 15 is 0 Å². The minimum absolute atomic E-state index is 0.279. The Balaban J connectivity index is 2.42. The lowest BCUT2D eigenvalue weighted by molar-refractivity contribution is -0.138. The Hall–Kier alpha value is -0.790. The third-order valence-corrected chi connectivity index (χ3v) is 4.00. The third-order valence-electron chi connectivity index (χ3n) is 4.00. The predicted molar refractivity (Wildman–Crippen MR) is 66.3 cm³/mol. The Morgan fingerprint density at radius 2 is 2.25 bits per heavy atom. The smallest absolute Gasteiger partial charge is 0.303 e. The first-order valence-corrected chi connectivity index (χ1v) is 6.22. The first-order valence-electron chi connectivity index (χ1n) is 6.22. The van der Waals surface area contributed by atoms with Gasteiger partial charge in [-0.2, -0.15) is 0 Å². The van der Waals surface area contributed by atoms with Crippen molar-refractivity contribution >= 4 is 5.97 Å². The molecule has 2 unspecified atom stereocenters. The van der Waals surface area contributed by atoms with Crippen molar-refractivity contribution < 1.29 is 9.90 Å². The van der Waals surface area contributed by atoms with Crippen molar-refractivity contribution in [1.82, 2.24) is 0 Å². The summed E-state index contributed by atoms with van der Waals surface area (Å²) < 4.78 is 0. The van der Waals surface area contributed by atoms with Gasteiger partial charge in [-0.1, -0.05) is 32.9 Å². The molecule has 1 aliphatic carbocycles. The second-order valence-electron chi connectivity index (χ2n) is 5.98. The first kappa shape index (κ1) is 13.3. The Morgan fingerprint density at radius 1 is 1.62 bits per heavy atom. The van der Waals surface area contributed by atoms with Crippen molar-refractivity contribution in [3.63, 3.8) is 0 Å². The van der Waals surface area contributed by atoms with E-state index in [1.165, 1.54) is 12.0 Å². The summed E-state index contributed by atoms with van der Waals surface area (Å²) in [6.45, 7) is 10.8. The molecule has 1 fully saturated rings. The van der Waals surface area contributed by atoms with Gasteiger partial charge in [0.1, 0.15) is 0 Å². The van der Waals surface area contributed by atoms with Gasteiger partial charge in [0.15, 0.2) is 0 Å². The van der Waals surface area contributed by atoms with Crippen LogP contribution in [0.15, 0.2) is 12.2 Å². The van der Waals surface area contributed by atoms with Crippen molar-refractivity contribution in [2.75, 3.05) is 0 Å².